The average molecular weight is 366 g/mol. The van der Waals surface area contributed by atoms with Crippen molar-refractivity contribution in [3.63, 3.8) is 0 Å². The van der Waals surface area contributed by atoms with Gasteiger partial charge < -0.3 is 15.3 Å². The number of phenols is 1. The zero-order valence-corrected chi connectivity index (χ0v) is 14.1. The molecule has 5 nitrogen and oxygen atoms in total. The number of para-hydroxylation sites is 1. The minimum Gasteiger partial charge on any atom is -0.507 e. The largest absolute Gasteiger partial charge is 0.507 e. The van der Waals surface area contributed by atoms with Crippen molar-refractivity contribution in [1.82, 2.24) is 4.90 Å². The first-order valence-corrected chi connectivity index (χ1v) is 7.60. The molecule has 0 aliphatic rings. The number of aromatic hydroxyl groups is 1. The SMILES string of the molecule is Cc1ccc(C(=O)N(C)CC(=O)Nc2ccccc2C(F)(F)F)c(O)c1. The van der Waals surface area contributed by atoms with Gasteiger partial charge >= 0.3 is 6.18 Å². The molecule has 2 amide bonds. The number of likely N-dealkylation sites (N-methyl/N-ethyl adjacent to an activating group) is 1. The summed E-state index contributed by atoms with van der Waals surface area (Å²) >= 11 is 0. The Morgan fingerprint density at radius 2 is 1.81 bits per heavy atom. The zero-order chi connectivity index (χ0) is 19.5. The van der Waals surface area contributed by atoms with Crippen LogP contribution in [0.4, 0.5) is 18.9 Å². The first-order valence-electron chi connectivity index (χ1n) is 7.60. The van der Waals surface area contributed by atoms with Crippen LogP contribution in [0.25, 0.3) is 0 Å². The van der Waals surface area contributed by atoms with Crippen LogP contribution in [0.3, 0.4) is 0 Å². The Morgan fingerprint density at radius 1 is 1.15 bits per heavy atom. The molecule has 0 fully saturated rings. The lowest BCUT2D eigenvalue weighted by molar-refractivity contribution is -0.137. The van der Waals surface area contributed by atoms with E-state index in [4.69, 9.17) is 0 Å². The average Bonchev–Trinajstić information content (AvgIpc) is 2.53. The number of hydrogen-bond acceptors (Lipinski definition) is 3. The molecule has 26 heavy (non-hydrogen) atoms. The lowest BCUT2D eigenvalue weighted by Crippen LogP contribution is -2.35. The second-order valence-electron chi connectivity index (χ2n) is 5.77. The van der Waals surface area contributed by atoms with Crippen molar-refractivity contribution in [1.29, 1.82) is 0 Å². The number of amides is 2. The fourth-order valence-electron chi connectivity index (χ4n) is 2.34. The van der Waals surface area contributed by atoms with Gasteiger partial charge in [-0.25, -0.2) is 0 Å². The van der Waals surface area contributed by atoms with Gasteiger partial charge in [0.25, 0.3) is 5.91 Å². The third kappa shape index (κ3) is 4.53. The number of nitrogens with one attached hydrogen (secondary N) is 1. The molecule has 0 heterocycles. The van der Waals surface area contributed by atoms with Crippen molar-refractivity contribution in [2.24, 2.45) is 0 Å². The highest BCUT2D eigenvalue weighted by Gasteiger charge is 2.33. The Bertz CT molecular complexity index is 835. The van der Waals surface area contributed by atoms with E-state index in [0.29, 0.717) is 0 Å². The number of carbonyl (C=O) groups excluding carboxylic acids is 2. The molecule has 0 aliphatic heterocycles. The quantitative estimate of drug-likeness (QED) is 0.871. The molecular weight excluding hydrogens is 349 g/mol. The van der Waals surface area contributed by atoms with Gasteiger partial charge in [0.05, 0.1) is 23.4 Å². The van der Waals surface area contributed by atoms with E-state index in [-0.39, 0.29) is 17.0 Å². The van der Waals surface area contributed by atoms with Crippen molar-refractivity contribution in [2.45, 2.75) is 13.1 Å². The van der Waals surface area contributed by atoms with Gasteiger partial charge in [-0.1, -0.05) is 18.2 Å². The van der Waals surface area contributed by atoms with E-state index in [1.807, 2.05) is 0 Å². The Balaban J connectivity index is 2.09. The van der Waals surface area contributed by atoms with E-state index in [1.165, 1.54) is 31.3 Å². The van der Waals surface area contributed by atoms with Gasteiger partial charge in [0.1, 0.15) is 5.75 Å². The molecule has 0 atom stereocenters. The van der Waals surface area contributed by atoms with E-state index < -0.39 is 30.1 Å². The van der Waals surface area contributed by atoms with Gasteiger partial charge in [-0.3, -0.25) is 9.59 Å². The normalized spacial score (nSPS) is 11.1. The van der Waals surface area contributed by atoms with Crippen LogP contribution >= 0.6 is 0 Å². The van der Waals surface area contributed by atoms with E-state index in [9.17, 15) is 27.9 Å². The smallest absolute Gasteiger partial charge is 0.418 e. The third-order valence-electron chi connectivity index (χ3n) is 3.62. The lowest BCUT2D eigenvalue weighted by Gasteiger charge is -2.19. The number of benzene rings is 2. The number of halogens is 3. The minimum absolute atomic E-state index is 0.00147. The van der Waals surface area contributed by atoms with Crippen molar-refractivity contribution in [2.75, 3.05) is 18.9 Å². The van der Waals surface area contributed by atoms with Crippen LogP contribution in [0.2, 0.25) is 0 Å². The van der Waals surface area contributed by atoms with Gasteiger partial charge in [-0.2, -0.15) is 13.2 Å². The summed E-state index contributed by atoms with van der Waals surface area (Å²) in [5.74, 6) is -1.64. The van der Waals surface area contributed by atoms with Crippen LogP contribution in [0.5, 0.6) is 5.75 Å². The van der Waals surface area contributed by atoms with Gasteiger partial charge in [-0.05, 0) is 36.8 Å². The molecule has 2 aromatic carbocycles. The lowest BCUT2D eigenvalue weighted by atomic mass is 10.1. The number of rotatable bonds is 4. The van der Waals surface area contributed by atoms with Gasteiger partial charge in [-0.15, -0.1) is 0 Å². The fourth-order valence-corrected chi connectivity index (χ4v) is 2.34. The molecule has 8 heteroatoms. The van der Waals surface area contributed by atoms with Crippen molar-refractivity contribution >= 4 is 17.5 Å². The number of aryl methyl sites for hydroxylation is 1. The second-order valence-corrected chi connectivity index (χ2v) is 5.77. The molecule has 0 bridgehead atoms. The van der Waals surface area contributed by atoms with Crippen molar-refractivity contribution < 1.29 is 27.9 Å². The van der Waals surface area contributed by atoms with Gasteiger partial charge in [0, 0.05) is 7.05 Å². The van der Waals surface area contributed by atoms with Crippen LogP contribution in [0.1, 0.15) is 21.5 Å². The summed E-state index contributed by atoms with van der Waals surface area (Å²) < 4.78 is 38.8. The van der Waals surface area contributed by atoms with Gasteiger partial charge in [0.15, 0.2) is 0 Å². The first-order chi connectivity index (χ1) is 12.1. The Hall–Kier alpha value is -3.03. The summed E-state index contributed by atoms with van der Waals surface area (Å²) in [5.41, 5.74) is -0.604. The zero-order valence-electron chi connectivity index (χ0n) is 14.1. The summed E-state index contributed by atoms with van der Waals surface area (Å²) in [7, 11) is 1.32. The summed E-state index contributed by atoms with van der Waals surface area (Å²) in [6.45, 7) is 1.27. The van der Waals surface area contributed by atoms with E-state index in [0.717, 1.165) is 22.6 Å². The highest BCUT2D eigenvalue weighted by Crippen LogP contribution is 2.34. The van der Waals surface area contributed by atoms with Crippen molar-refractivity contribution in [3.8, 4) is 5.75 Å². The number of alkyl halides is 3. The topological polar surface area (TPSA) is 69.6 Å². The standard InChI is InChI=1S/C18H17F3N2O3/c1-11-7-8-12(15(24)9-11)17(26)23(2)10-16(25)22-14-6-4-3-5-13(14)18(19,20)21/h3-9,24H,10H2,1-2H3,(H,22,25). The predicted octanol–water partition coefficient (Wildman–Crippen LogP) is 3.43. The summed E-state index contributed by atoms with van der Waals surface area (Å²) in [6, 6.07) is 9.02. The Morgan fingerprint density at radius 3 is 2.42 bits per heavy atom. The van der Waals surface area contributed by atoms with Crippen LogP contribution in [0, 0.1) is 6.92 Å². The molecule has 0 aliphatic carbocycles. The molecule has 0 radical (unpaired) electrons. The molecule has 138 valence electrons. The maximum Gasteiger partial charge on any atom is 0.418 e. The maximum atomic E-state index is 12.9. The second kappa shape index (κ2) is 7.47. The highest BCUT2D eigenvalue weighted by molar-refractivity contribution is 6.00. The van der Waals surface area contributed by atoms with Crippen LogP contribution in [0.15, 0.2) is 42.5 Å². The van der Waals surface area contributed by atoms with E-state index in [1.54, 1.807) is 13.0 Å². The number of nitrogens with zero attached hydrogens (tertiary/aromatic N) is 1. The van der Waals surface area contributed by atoms with E-state index in [2.05, 4.69) is 5.32 Å². The minimum atomic E-state index is -4.61. The van der Waals surface area contributed by atoms with Crippen LogP contribution < -0.4 is 5.32 Å². The van der Waals surface area contributed by atoms with E-state index >= 15 is 0 Å². The molecule has 0 saturated heterocycles. The molecule has 0 unspecified atom stereocenters. The summed E-state index contributed by atoms with van der Waals surface area (Å²) in [6.07, 6.45) is -4.61. The Kier molecular flexibility index (Phi) is 5.54. The fraction of sp³-hybridized carbons (Fsp3) is 0.222. The van der Waals surface area contributed by atoms with Gasteiger partial charge in [0.2, 0.25) is 5.91 Å². The van der Waals surface area contributed by atoms with Crippen LogP contribution in [-0.4, -0.2) is 35.4 Å². The number of carbonyl (C=O) groups is 2. The number of phenolic OH excluding ortho intramolecular Hbond substituents is 1. The molecule has 2 aromatic rings. The molecule has 0 spiro atoms. The predicted molar refractivity (Wildman–Crippen MR) is 89.9 cm³/mol. The number of anilines is 1. The molecule has 2 N–H and O–H groups in total. The van der Waals surface area contributed by atoms with Crippen LogP contribution in [-0.2, 0) is 11.0 Å². The molecule has 2 rings (SSSR count). The number of hydrogen-bond donors (Lipinski definition) is 2. The Labute approximate surface area is 148 Å². The highest BCUT2D eigenvalue weighted by atomic mass is 19.4. The maximum absolute atomic E-state index is 12.9. The first kappa shape index (κ1) is 19.3. The summed E-state index contributed by atoms with van der Waals surface area (Å²) in [4.78, 5) is 25.3. The molecular formula is C18H17F3N2O3. The van der Waals surface area contributed by atoms with Crippen molar-refractivity contribution in [3.05, 3.63) is 59.2 Å². The monoisotopic (exact) mass is 366 g/mol. The molecule has 0 saturated carbocycles. The summed E-state index contributed by atoms with van der Waals surface area (Å²) in [5, 5.41) is 12.0. The third-order valence-corrected chi connectivity index (χ3v) is 3.62. The molecule has 0 aromatic heterocycles.